The third kappa shape index (κ3) is 2.16. The van der Waals surface area contributed by atoms with Gasteiger partial charge in [0.25, 0.3) is 0 Å². The lowest BCUT2D eigenvalue weighted by atomic mass is 10.0. The van der Waals surface area contributed by atoms with Gasteiger partial charge in [-0.1, -0.05) is 24.6 Å². The van der Waals surface area contributed by atoms with Gasteiger partial charge in [-0.05, 0) is 49.0 Å². The molecule has 14 heavy (non-hydrogen) atoms. The largest absolute Gasteiger partial charge is 0.508 e. The van der Waals surface area contributed by atoms with Gasteiger partial charge in [0.2, 0.25) is 0 Å². The van der Waals surface area contributed by atoms with Crippen molar-refractivity contribution in [2.45, 2.75) is 32.1 Å². The summed E-state index contributed by atoms with van der Waals surface area (Å²) in [6.07, 6.45) is 8.70. The Morgan fingerprint density at radius 1 is 0.929 bits per heavy atom. The molecule has 0 spiro atoms. The summed E-state index contributed by atoms with van der Waals surface area (Å²) in [5, 5.41) is 9.19. The van der Waals surface area contributed by atoms with Crippen LogP contribution in [0.4, 0.5) is 0 Å². The van der Waals surface area contributed by atoms with Crippen LogP contribution in [0.3, 0.4) is 0 Å². The van der Waals surface area contributed by atoms with Crippen molar-refractivity contribution in [1.82, 2.24) is 0 Å². The Labute approximate surface area is 85.1 Å². The topological polar surface area (TPSA) is 20.2 Å². The molecule has 2 rings (SSSR count). The summed E-state index contributed by atoms with van der Waals surface area (Å²) >= 11 is 0. The average Bonchev–Trinajstić information content (AvgIpc) is 2.47. The third-order valence-electron chi connectivity index (χ3n) is 2.78. The van der Waals surface area contributed by atoms with E-state index in [1.165, 1.54) is 43.2 Å². The Hall–Kier alpha value is -1.24. The van der Waals surface area contributed by atoms with Gasteiger partial charge in [-0.3, -0.25) is 0 Å². The van der Waals surface area contributed by atoms with Crippen LogP contribution in [0.15, 0.2) is 30.3 Å². The maximum atomic E-state index is 9.19. The molecule has 0 saturated heterocycles. The maximum absolute atomic E-state index is 9.19. The van der Waals surface area contributed by atoms with E-state index in [9.17, 15) is 5.11 Å². The van der Waals surface area contributed by atoms with Gasteiger partial charge in [-0.25, -0.2) is 0 Å². The Kier molecular flexibility index (Phi) is 2.87. The van der Waals surface area contributed by atoms with E-state index in [1.54, 1.807) is 12.1 Å². The van der Waals surface area contributed by atoms with E-state index in [0.29, 0.717) is 5.75 Å². The molecular formula is C13H16O. The van der Waals surface area contributed by atoms with E-state index in [0.717, 1.165) is 0 Å². The smallest absolute Gasteiger partial charge is 0.115 e. The van der Waals surface area contributed by atoms with Crippen LogP contribution in [-0.4, -0.2) is 5.11 Å². The zero-order valence-electron chi connectivity index (χ0n) is 8.37. The van der Waals surface area contributed by atoms with Crippen LogP contribution >= 0.6 is 0 Å². The molecule has 1 aliphatic rings. The second-order valence-electron chi connectivity index (χ2n) is 3.88. The van der Waals surface area contributed by atoms with Crippen molar-refractivity contribution in [1.29, 1.82) is 0 Å². The third-order valence-corrected chi connectivity index (χ3v) is 2.78. The normalized spacial score (nSPS) is 17.3. The van der Waals surface area contributed by atoms with Crippen molar-refractivity contribution in [3.8, 4) is 5.75 Å². The summed E-state index contributed by atoms with van der Waals surface area (Å²) in [7, 11) is 0. The zero-order chi connectivity index (χ0) is 9.80. The first-order valence-electron chi connectivity index (χ1n) is 5.35. The van der Waals surface area contributed by atoms with Crippen LogP contribution in [0.25, 0.3) is 5.57 Å². The van der Waals surface area contributed by atoms with Gasteiger partial charge in [0, 0.05) is 0 Å². The molecule has 0 bridgehead atoms. The monoisotopic (exact) mass is 188 g/mol. The molecule has 0 radical (unpaired) electrons. The lowest BCUT2D eigenvalue weighted by Gasteiger charge is -2.05. The van der Waals surface area contributed by atoms with Crippen LogP contribution in [0, 0.1) is 0 Å². The predicted octanol–water partition coefficient (Wildman–Crippen LogP) is 3.74. The number of phenolic OH excluding ortho intramolecular Hbond substituents is 1. The van der Waals surface area contributed by atoms with E-state index in [2.05, 4.69) is 6.08 Å². The highest BCUT2D eigenvalue weighted by Gasteiger charge is 2.04. The summed E-state index contributed by atoms with van der Waals surface area (Å²) in [5.41, 5.74) is 2.72. The van der Waals surface area contributed by atoms with Gasteiger partial charge >= 0.3 is 0 Å². The minimum Gasteiger partial charge on any atom is -0.508 e. The number of hydrogen-bond donors (Lipinski definition) is 1. The first kappa shape index (κ1) is 9.32. The van der Waals surface area contributed by atoms with Gasteiger partial charge in [0.05, 0.1) is 0 Å². The molecule has 1 heteroatoms. The summed E-state index contributed by atoms with van der Waals surface area (Å²) in [6.45, 7) is 0. The number of benzene rings is 1. The SMILES string of the molecule is Oc1ccc(C2=CCCCCC2)cc1. The standard InChI is InChI=1S/C13H16O/c14-13-9-7-12(8-10-13)11-5-3-1-2-4-6-11/h5,7-10,14H,1-4,6H2. The predicted molar refractivity (Wildman–Crippen MR) is 59.2 cm³/mol. The first-order chi connectivity index (χ1) is 6.86. The van der Waals surface area contributed by atoms with Crippen molar-refractivity contribution in [3.05, 3.63) is 35.9 Å². The summed E-state index contributed by atoms with van der Waals surface area (Å²) < 4.78 is 0. The van der Waals surface area contributed by atoms with E-state index < -0.39 is 0 Å². The highest BCUT2D eigenvalue weighted by Crippen LogP contribution is 2.26. The van der Waals surface area contributed by atoms with Crippen molar-refractivity contribution >= 4 is 5.57 Å². The van der Waals surface area contributed by atoms with Crippen molar-refractivity contribution in [2.24, 2.45) is 0 Å². The Balaban J connectivity index is 2.20. The van der Waals surface area contributed by atoms with E-state index >= 15 is 0 Å². The van der Waals surface area contributed by atoms with Gasteiger partial charge in [-0.2, -0.15) is 0 Å². The highest BCUT2D eigenvalue weighted by atomic mass is 16.3. The van der Waals surface area contributed by atoms with Crippen LogP contribution < -0.4 is 0 Å². The Bertz CT molecular complexity index is 322. The van der Waals surface area contributed by atoms with E-state index in [-0.39, 0.29) is 0 Å². The fourth-order valence-electron chi connectivity index (χ4n) is 1.95. The van der Waals surface area contributed by atoms with Crippen molar-refractivity contribution in [3.63, 3.8) is 0 Å². The summed E-state index contributed by atoms with van der Waals surface area (Å²) in [5.74, 6) is 0.350. The van der Waals surface area contributed by atoms with Gasteiger partial charge in [-0.15, -0.1) is 0 Å². The Morgan fingerprint density at radius 2 is 1.71 bits per heavy atom. The molecular weight excluding hydrogens is 172 g/mol. The van der Waals surface area contributed by atoms with Crippen LogP contribution in [0.2, 0.25) is 0 Å². The molecule has 1 N–H and O–H groups in total. The van der Waals surface area contributed by atoms with E-state index in [4.69, 9.17) is 0 Å². The Morgan fingerprint density at radius 3 is 2.50 bits per heavy atom. The number of allylic oxidation sites excluding steroid dienone is 2. The molecule has 1 aromatic rings. The second-order valence-corrected chi connectivity index (χ2v) is 3.88. The molecule has 0 amide bonds. The van der Waals surface area contributed by atoms with Gasteiger partial charge in [0.15, 0.2) is 0 Å². The van der Waals surface area contributed by atoms with Gasteiger partial charge in [0.1, 0.15) is 5.75 Å². The molecule has 0 unspecified atom stereocenters. The minimum atomic E-state index is 0.350. The van der Waals surface area contributed by atoms with Gasteiger partial charge < -0.3 is 5.11 Å². The fourth-order valence-corrected chi connectivity index (χ4v) is 1.95. The first-order valence-corrected chi connectivity index (χ1v) is 5.35. The molecule has 0 aliphatic heterocycles. The lowest BCUT2D eigenvalue weighted by molar-refractivity contribution is 0.475. The molecule has 1 aromatic carbocycles. The summed E-state index contributed by atoms with van der Waals surface area (Å²) in [6, 6.07) is 7.54. The van der Waals surface area contributed by atoms with Crippen LogP contribution in [-0.2, 0) is 0 Å². The molecule has 0 aromatic heterocycles. The maximum Gasteiger partial charge on any atom is 0.115 e. The minimum absolute atomic E-state index is 0.350. The summed E-state index contributed by atoms with van der Waals surface area (Å²) in [4.78, 5) is 0. The molecule has 0 atom stereocenters. The molecule has 74 valence electrons. The molecule has 0 fully saturated rings. The molecule has 0 saturated carbocycles. The fraction of sp³-hybridized carbons (Fsp3) is 0.385. The quantitative estimate of drug-likeness (QED) is 0.711. The number of phenols is 1. The van der Waals surface area contributed by atoms with Crippen LogP contribution in [0.5, 0.6) is 5.75 Å². The van der Waals surface area contributed by atoms with Crippen molar-refractivity contribution < 1.29 is 5.11 Å². The number of hydrogen-bond acceptors (Lipinski definition) is 1. The highest BCUT2D eigenvalue weighted by molar-refractivity contribution is 5.66. The lowest BCUT2D eigenvalue weighted by Crippen LogP contribution is -1.82. The average molecular weight is 188 g/mol. The number of aromatic hydroxyl groups is 1. The molecule has 0 heterocycles. The molecule has 1 aliphatic carbocycles. The molecule has 1 nitrogen and oxygen atoms in total. The van der Waals surface area contributed by atoms with Crippen LogP contribution in [0.1, 0.15) is 37.7 Å². The second kappa shape index (κ2) is 4.32. The van der Waals surface area contributed by atoms with E-state index in [1.807, 2.05) is 12.1 Å². The zero-order valence-corrected chi connectivity index (χ0v) is 8.37. The number of rotatable bonds is 1. The van der Waals surface area contributed by atoms with Crippen molar-refractivity contribution in [2.75, 3.05) is 0 Å².